The van der Waals surface area contributed by atoms with Gasteiger partial charge < -0.3 is 19.5 Å². The Bertz CT molecular complexity index is 1050. The Morgan fingerprint density at radius 2 is 1.94 bits per heavy atom. The van der Waals surface area contributed by atoms with Crippen molar-refractivity contribution in [2.45, 2.75) is 13.8 Å². The molecule has 32 heavy (non-hydrogen) atoms. The van der Waals surface area contributed by atoms with Gasteiger partial charge in [-0.05, 0) is 89.6 Å². The SMILES string of the molecule is CCOC(=O)COc1c(Cl)cc(/C=C2/SC(=Nc3ccc(OCC)cc3)NC2=O)cc1Br. The number of carbonyl (C=O) groups excluding carboxylic acids is 2. The van der Waals surface area contributed by atoms with Gasteiger partial charge in [-0.2, -0.15) is 0 Å². The fourth-order valence-corrected chi connectivity index (χ4v) is 4.50. The molecule has 0 unspecified atom stereocenters. The second-order valence-electron chi connectivity index (χ2n) is 6.32. The minimum Gasteiger partial charge on any atom is -0.494 e. The molecule has 1 aliphatic heterocycles. The maximum absolute atomic E-state index is 12.4. The van der Waals surface area contributed by atoms with Crippen LogP contribution < -0.4 is 14.8 Å². The summed E-state index contributed by atoms with van der Waals surface area (Å²) in [5.74, 6) is 0.343. The number of benzene rings is 2. The molecule has 10 heteroatoms. The first-order valence-electron chi connectivity index (χ1n) is 9.69. The van der Waals surface area contributed by atoms with Gasteiger partial charge >= 0.3 is 5.97 Å². The first-order valence-corrected chi connectivity index (χ1v) is 11.7. The largest absolute Gasteiger partial charge is 0.494 e. The van der Waals surface area contributed by atoms with Crippen molar-refractivity contribution >= 4 is 68.1 Å². The van der Waals surface area contributed by atoms with E-state index in [4.69, 9.17) is 25.8 Å². The number of aliphatic imine (C=N–C) groups is 1. The Morgan fingerprint density at radius 1 is 1.19 bits per heavy atom. The first kappa shape index (κ1) is 24.2. The average Bonchev–Trinajstić information content (AvgIpc) is 3.08. The molecule has 0 spiro atoms. The molecule has 7 nitrogen and oxygen atoms in total. The number of halogens is 2. The standard InChI is InChI=1S/C22H20BrClN2O5S/c1-3-29-15-7-5-14(6-8-15)25-22-26-21(28)18(32-22)11-13-9-16(23)20(17(24)10-13)31-12-19(27)30-4-2/h5-11H,3-4,12H2,1-2H3,(H,25,26,28)/b18-11+. The van der Waals surface area contributed by atoms with Crippen LogP contribution in [0.15, 0.2) is 50.8 Å². The molecule has 0 atom stereocenters. The molecule has 1 fully saturated rings. The molecule has 0 radical (unpaired) electrons. The second kappa shape index (κ2) is 11.4. The van der Waals surface area contributed by atoms with Gasteiger partial charge in [0.15, 0.2) is 17.5 Å². The van der Waals surface area contributed by atoms with Crippen molar-refractivity contribution in [3.05, 3.63) is 56.4 Å². The summed E-state index contributed by atoms with van der Waals surface area (Å²) in [5, 5.41) is 3.52. The molecule has 2 aromatic rings. The number of thioether (sulfide) groups is 1. The van der Waals surface area contributed by atoms with Gasteiger partial charge in [0, 0.05) is 0 Å². The van der Waals surface area contributed by atoms with Crippen LogP contribution in [-0.4, -0.2) is 36.9 Å². The van der Waals surface area contributed by atoms with E-state index < -0.39 is 5.97 Å². The zero-order chi connectivity index (χ0) is 23.1. The summed E-state index contributed by atoms with van der Waals surface area (Å²) in [5.41, 5.74) is 1.39. The molecule has 1 N–H and O–H groups in total. The normalized spacial score (nSPS) is 15.7. The number of nitrogens with one attached hydrogen (secondary N) is 1. The molecule has 2 aromatic carbocycles. The van der Waals surface area contributed by atoms with Crippen molar-refractivity contribution in [2.75, 3.05) is 19.8 Å². The van der Waals surface area contributed by atoms with Gasteiger partial charge in [-0.25, -0.2) is 9.79 Å². The molecular formula is C22H20BrClN2O5S. The van der Waals surface area contributed by atoms with Gasteiger partial charge in [0.05, 0.1) is 33.3 Å². The van der Waals surface area contributed by atoms with Crippen LogP contribution in [0.2, 0.25) is 5.02 Å². The van der Waals surface area contributed by atoms with Crippen molar-refractivity contribution in [3.8, 4) is 11.5 Å². The summed E-state index contributed by atoms with van der Waals surface area (Å²) >= 11 is 10.9. The molecule has 0 aliphatic carbocycles. The average molecular weight is 540 g/mol. The van der Waals surface area contributed by atoms with Gasteiger partial charge in [0.25, 0.3) is 5.91 Å². The highest BCUT2D eigenvalue weighted by molar-refractivity contribution is 9.10. The summed E-state index contributed by atoms with van der Waals surface area (Å²) in [6.45, 7) is 4.24. The molecular weight excluding hydrogens is 520 g/mol. The molecule has 0 saturated carbocycles. The van der Waals surface area contributed by atoms with Crippen LogP contribution in [0.5, 0.6) is 11.5 Å². The zero-order valence-corrected chi connectivity index (χ0v) is 20.5. The number of rotatable bonds is 8. The van der Waals surface area contributed by atoms with Crippen LogP contribution in [0.1, 0.15) is 19.4 Å². The lowest BCUT2D eigenvalue weighted by molar-refractivity contribution is -0.145. The lowest BCUT2D eigenvalue weighted by Crippen LogP contribution is -2.19. The highest BCUT2D eigenvalue weighted by atomic mass is 79.9. The Balaban J connectivity index is 1.72. The van der Waals surface area contributed by atoms with E-state index >= 15 is 0 Å². The minimum atomic E-state index is -0.486. The third-order valence-corrected chi connectivity index (χ3v) is 5.77. The van der Waals surface area contributed by atoms with Crippen LogP contribution in [0.3, 0.4) is 0 Å². The third kappa shape index (κ3) is 6.51. The third-order valence-electron chi connectivity index (χ3n) is 3.99. The van der Waals surface area contributed by atoms with Crippen molar-refractivity contribution < 1.29 is 23.8 Å². The van der Waals surface area contributed by atoms with Crippen LogP contribution in [0, 0.1) is 0 Å². The summed E-state index contributed by atoms with van der Waals surface area (Å²) in [4.78, 5) is 28.8. The number of hydrogen-bond acceptors (Lipinski definition) is 7. The van der Waals surface area contributed by atoms with Crippen molar-refractivity contribution in [1.29, 1.82) is 0 Å². The predicted octanol–water partition coefficient (Wildman–Crippen LogP) is 5.33. The fraction of sp³-hybridized carbons (Fsp3) is 0.227. The van der Waals surface area contributed by atoms with Crippen molar-refractivity contribution in [2.24, 2.45) is 4.99 Å². The van der Waals surface area contributed by atoms with Gasteiger partial charge in [0.1, 0.15) is 5.75 Å². The van der Waals surface area contributed by atoms with E-state index in [9.17, 15) is 9.59 Å². The molecule has 1 aliphatic rings. The number of nitrogens with zero attached hydrogens (tertiary/aromatic N) is 1. The van der Waals surface area contributed by atoms with Crippen LogP contribution in [0.25, 0.3) is 6.08 Å². The molecule has 1 saturated heterocycles. The highest BCUT2D eigenvalue weighted by Gasteiger charge is 2.24. The zero-order valence-electron chi connectivity index (χ0n) is 17.3. The monoisotopic (exact) mass is 538 g/mol. The number of amidine groups is 1. The predicted molar refractivity (Wildman–Crippen MR) is 130 cm³/mol. The van der Waals surface area contributed by atoms with E-state index in [1.165, 1.54) is 11.8 Å². The quantitative estimate of drug-likeness (QED) is 0.360. The Kier molecular flexibility index (Phi) is 8.60. The first-order chi connectivity index (χ1) is 15.4. The van der Waals surface area contributed by atoms with Gasteiger partial charge in [-0.15, -0.1) is 0 Å². The second-order valence-corrected chi connectivity index (χ2v) is 8.61. The van der Waals surface area contributed by atoms with Gasteiger partial charge in [-0.3, -0.25) is 4.79 Å². The van der Waals surface area contributed by atoms with Crippen LogP contribution in [0.4, 0.5) is 5.69 Å². The minimum absolute atomic E-state index is 0.254. The number of hydrogen-bond donors (Lipinski definition) is 1. The van der Waals surface area contributed by atoms with E-state index in [2.05, 4.69) is 26.2 Å². The smallest absolute Gasteiger partial charge is 0.344 e. The molecule has 0 aromatic heterocycles. The Labute approximate surface area is 203 Å². The summed E-state index contributed by atoms with van der Waals surface area (Å²) < 4.78 is 16.3. The fourth-order valence-electron chi connectivity index (χ4n) is 2.67. The summed E-state index contributed by atoms with van der Waals surface area (Å²) in [6, 6.07) is 10.7. The molecule has 1 heterocycles. The Hall–Kier alpha value is -2.49. The number of ether oxygens (including phenoxy) is 3. The van der Waals surface area contributed by atoms with E-state index in [0.29, 0.717) is 43.2 Å². The Morgan fingerprint density at radius 3 is 2.59 bits per heavy atom. The number of esters is 1. The number of amides is 1. The molecule has 168 valence electrons. The maximum atomic E-state index is 12.4. The van der Waals surface area contributed by atoms with E-state index in [1.54, 1.807) is 25.1 Å². The van der Waals surface area contributed by atoms with Gasteiger partial charge in [0.2, 0.25) is 0 Å². The number of carbonyl (C=O) groups is 2. The molecule has 0 bridgehead atoms. The summed E-state index contributed by atoms with van der Waals surface area (Å²) in [7, 11) is 0. The lowest BCUT2D eigenvalue weighted by atomic mass is 10.2. The van der Waals surface area contributed by atoms with Gasteiger partial charge in [-0.1, -0.05) is 11.6 Å². The van der Waals surface area contributed by atoms with Crippen molar-refractivity contribution in [1.82, 2.24) is 5.32 Å². The lowest BCUT2D eigenvalue weighted by Gasteiger charge is -2.10. The van der Waals surface area contributed by atoms with Crippen molar-refractivity contribution in [3.63, 3.8) is 0 Å². The van der Waals surface area contributed by atoms with E-state index in [-0.39, 0.29) is 19.1 Å². The van der Waals surface area contributed by atoms with Crippen LogP contribution >= 0.6 is 39.3 Å². The van der Waals surface area contributed by atoms with E-state index in [1.807, 2.05) is 31.2 Å². The highest BCUT2D eigenvalue weighted by Crippen LogP contribution is 2.36. The van der Waals surface area contributed by atoms with E-state index in [0.717, 1.165) is 5.75 Å². The maximum Gasteiger partial charge on any atom is 0.344 e. The summed E-state index contributed by atoms with van der Waals surface area (Å²) in [6.07, 6.45) is 1.70. The molecule has 3 rings (SSSR count). The molecule has 1 amide bonds. The van der Waals surface area contributed by atoms with Crippen LogP contribution in [-0.2, 0) is 14.3 Å². The topological polar surface area (TPSA) is 86.2 Å².